The van der Waals surface area contributed by atoms with Crippen LogP contribution in [0.25, 0.3) is 11.3 Å². The first kappa shape index (κ1) is 16.5. The quantitative estimate of drug-likeness (QED) is 0.906. The van der Waals surface area contributed by atoms with E-state index in [0.717, 1.165) is 17.1 Å². The highest BCUT2D eigenvalue weighted by Gasteiger charge is 2.21. The van der Waals surface area contributed by atoms with Gasteiger partial charge in [0.1, 0.15) is 12.4 Å². The first-order chi connectivity index (χ1) is 11.5. The highest BCUT2D eigenvalue weighted by Crippen LogP contribution is 2.22. The number of nitrogens with one attached hydrogen (secondary N) is 2. The molecular formula is C18H24N4O2. The third-order valence-electron chi connectivity index (χ3n) is 3.97. The van der Waals surface area contributed by atoms with Crippen molar-refractivity contribution < 1.29 is 9.53 Å². The summed E-state index contributed by atoms with van der Waals surface area (Å²) in [6.45, 7) is 7.57. The average Bonchev–Trinajstić information content (AvgIpc) is 2.96. The fourth-order valence-corrected chi connectivity index (χ4v) is 2.70. The SMILES string of the molecule is Cc1ccc(-c2cn3c(n2)CO[C@@H](CNC(=O)NC(C)C)C3)cc1. The van der Waals surface area contributed by atoms with Crippen molar-refractivity contribution in [2.45, 2.75) is 46.1 Å². The molecule has 0 fully saturated rings. The molecule has 6 nitrogen and oxygen atoms in total. The Hall–Kier alpha value is -2.34. The summed E-state index contributed by atoms with van der Waals surface area (Å²) in [5.41, 5.74) is 3.30. The van der Waals surface area contributed by atoms with Gasteiger partial charge in [0.15, 0.2) is 0 Å². The van der Waals surface area contributed by atoms with Crippen LogP contribution >= 0.6 is 0 Å². The molecule has 2 heterocycles. The van der Waals surface area contributed by atoms with E-state index in [1.54, 1.807) is 0 Å². The van der Waals surface area contributed by atoms with Gasteiger partial charge < -0.3 is 19.9 Å². The topological polar surface area (TPSA) is 68.2 Å². The molecule has 0 unspecified atom stereocenters. The molecule has 2 amide bonds. The normalized spacial score (nSPS) is 16.8. The Morgan fingerprint density at radius 1 is 1.38 bits per heavy atom. The van der Waals surface area contributed by atoms with Crippen LogP contribution in [-0.4, -0.2) is 34.3 Å². The van der Waals surface area contributed by atoms with Gasteiger partial charge in [-0.05, 0) is 20.8 Å². The number of imidazole rings is 1. The first-order valence-electron chi connectivity index (χ1n) is 8.30. The monoisotopic (exact) mass is 328 g/mol. The number of hydrogen-bond donors (Lipinski definition) is 2. The van der Waals surface area contributed by atoms with E-state index >= 15 is 0 Å². The Morgan fingerprint density at radius 3 is 2.83 bits per heavy atom. The highest BCUT2D eigenvalue weighted by atomic mass is 16.5. The molecule has 0 aliphatic carbocycles. The van der Waals surface area contributed by atoms with Gasteiger partial charge >= 0.3 is 6.03 Å². The van der Waals surface area contributed by atoms with Gasteiger partial charge in [-0.15, -0.1) is 0 Å². The molecule has 3 rings (SSSR count). The van der Waals surface area contributed by atoms with Crippen LogP contribution in [0.1, 0.15) is 25.2 Å². The van der Waals surface area contributed by atoms with E-state index in [-0.39, 0.29) is 18.2 Å². The molecule has 0 bridgehead atoms. The Bertz CT molecular complexity index is 706. The summed E-state index contributed by atoms with van der Waals surface area (Å²) in [6.07, 6.45) is 2.01. The van der Waals surface area contributed by atoms with Crippen LogP contribution in [0.3, 0.4) is 0 Å². The molecule has 6 heteroatoms. The predicted octanol–water partition coefficient (Wildman–Crippen LogP) is 2.46. The Labute approximate surface area is 142 Å². The molecule has 2 aromatic rings. The van der Waals surface area contributed by atoms with E-state index in [1.165, 1.54) is 5.56 Å². The number of hydrogen-bond acceptors (Lipinski definition) is 3. The number of urea groups is 1. The fourth-order valence-electron chi connectivity index (χ4n) is 2.70. The first-order valence-corrected chi connectivity index (χ1v) is 8.30. The molecular weight excluding hydrogens is 304 g/mol. The van der Waals surface area contributed by atoms with Gasteiger partial charge in [0, 0.05) is 24.3 Å². The van der Waals surface area contributed by atoms with Gasteiger partial charge in [-0.25, -0.2) is 9.78 Å². The van der Waals surface area contributed by atoms with Crippen LogP contribution in [0, 0.1) is 6.92 Å². The summed E-state index contributed by atoms with van der Waals surface area (Å²) in [5, 5.41) is 5.66. The van der Waals surface area contributed by atoms with E-state index in [1.807, 2.05) is 13.8 Å². The molecule has 0 spiro atoms. The number of aromatic nitrogens is 2. The standard InChI is InChI=1S/C18H24N4O2/c1-12(2)20-18(23)19-8-15-9-22-10-16(21-17(22)11-24-15)14-6-4-13(3)5-7-14/h4-7,10,12,15H,8-9,11H2,1-3H3,(H2,19,20,23)/t15-/m0/s1. The number of ether oxygens (including phenoxy) is 1. The number of fused-ring (bicyclic) bond motifs is 1. The Balaban J connectivity index is 1.62. The van der Waals surface area contributed by atoms with Crippen molar-refractivity contribution >= 4 is 6.03 Å². The fraction of sp³-hybridized carbons (Fsp3) is 0.444. The molecule has 0 radical (unpaired) electrons. The average molecular weight is 328 g/mol. The van der Waals surface area contributed by atoms with Crippen molar-refractivity contribution in [3.05, 3.63) is 41.9 Å². The molecule has 1 aromatic heterocycles. The molecule has 0 saturated carbocycles. The largest absolute Gasteiger partial charge is 0.367 e. The number of aryl methyl sites for hydroxylation is 1. The maximum Gasteiger partial charge on any atom is 0.315 e. The van der Waals surface area contributed by atoms with Crippen molar-refractivity contribution in [1.82, 2.24) is 20.2 Å². The number of carbonyl (C=O) groups is 1. The van der Waals surface area contributed by atoms with Crippen molar-refractivity contribution in [1.29, 1.82) is 0 Å². The summed E-state index contributed by atoms with van der Waals surface area (Å²) < 4.78 is 7.92. The minimum atomic E-state index is -0.162. The Morgan fingerprint density at radius 2 is 2.12 bits per heavy atom. The van der Waals surface area contributed by atoms with Gasteiger partial charge in [-0.3, -0.25) is 0 Å². The second kappa shape index (κ2) is 7.05. The summed E-state index contributed by atoms with van der Waals surface area (Å²) >= 11 is 0. The molecule has 1 aliphatic rings. The molecule has 1 atom stereocenters. The smallest absolute Gasteiger partial charge is 0.315 e. The number of nitrogens with zero attached hydrogens (tertiary/aromatic N) is 2. The van der Waals surface area contributed by atoms with Crippen molar-refractivity contribution in [3.63, 3.8) is 0 Å². The van der Waals surface area contributed by atoms with E-state index in [9.17, 15) is 4.79 Å². The number of rotatable bonds is 4. The van der Waals surface area contributed by atoms with Crippen molar-refractivity contribution in [2.24, 2.45) is 0 Å². The number of carbonyl (C=O) groups excluding carboxylic acids is 1. The van der Waals surface area contributed by atoms with Crippen molar-refractivity contribution in [2.75, 3.05) is 6.54 Å². The maximum absolute atomic E-state index is 11.7. The summed E-state index contributed by atoms with van der Waals surface area (Å²) in [6, 6.07) is 8.30. The van der Waals surface area contributed by atoms with Crippen LogP contribution in [0.4, 0.5) is 4.79 Å². The third-order valence-corrected chi connectivity index (χ3v) is 3.97. The van der Waals surface area contributed by atoms with Crippen LogP contribution in [-0.2, 0) is 17.9 Å². The predicted molar refractivity (Wildman–Crippen MR) is 92.6 cm³/mol. The van der Waals surface area contributed by atoms with Crippen LogP contribution in [0.5, 0.6) is 0 Å². The lowest BCUT2D eigenvalue weighted by atomic mass is 10.1. The molecule has 2 N–H and O–H groups in total. The number of amides is 2. The summed E-state index contributed by atoms with van der Waals surface area (Å²) in [7, 11) is 0. The van der Waals surface area contributed by atoms with E-state index < -0.39 is 0 Å². The van der Waals surface area contributed by atoms with Crippen LogP contribution < -0.4 is 10.6 Å². The minimum Gasteiger partial charge on any atom is -0.367 e. The van der Waals surface area contributed by atoms with E-state index in [2.05, 4.69) is 57.6 Å². The molecule has 24 heavy (non-hydrogen) atoms. The van der Waals surface area contributed by atoms with Crippen LogP contribution in [0.15, 0.2) is 30.5 Å². The van der Waals surface area contributed by atoms with Crippen molar-refractivity contribution in [3.8, 4) is 11.3 Å². The maximum atomic E-state index is 11.7. The second-order valence-electron chi connectivity index (χ2n) is 6.50. The minimum absolute atomic E-state index is 0.0459. The lowest BCUT2D eigenvalue weighted by Gasteiger charge is -2.24. The Kier molecular flexibility index (Phi) is 4.85. The van der Waals surface area contributed by atoms with Gasteiger partial charge in [0.2, 0.25) is 0 Å². The van der Waals surface area contributed by atoms with Gasteiger partial charge in [0.05, 0.1) is 18.3 Å². The zero-order valence-corrected chi connectivity index (χ0v) is 14.4. The molecule has 1 aromatic carbocycles. The lowest BCUT2D eigenvalue weighted by molar-refractivity contribution is 0.00442. The summed E-state index contributed by atoms with van der Waals surface area (Å²) in [5.74, 6) is 0.924. The van der Waals surface area contributed by atoms with Crippen LogP contribution in [0.2, 0.25) is 0 Å². The molecule has 128 valence electrons. The van der Waals surface area contributed by atoms with Gasteiger partial charge in [-0.1, -0.05) is 29.8 Å². The molecule has 0 saturated heterocycles. The highest BCUT2D eigenvalue weighted by molar-refractivity contribution is 5.74. The third kappa shape index (κ3) is 3.94. The van der Waals surface area contributed by atoms with E-state index in [4.69, 9.17) is 4.74 Å². The van der Waals surface area contributed by atoms with Gasteiger partial charge in [0.25, 0.3) is 0 Å². The zero-order valence-electron chi connectivity index (χ0n) is 14.4. The second-order valence-corrected chi connectivity index (χ2v) is 6.50. The number of benzene rings is 1. The molecule has 1 aliphatic heterocycles. The van der Waals surface area contributed by atoms with Gasteiger partial charge in [-0.2, -0.15) is 0 Å². The zero-order chi connectivity index (χ0) is 17.1. The summed E-state index contributed by atoms with van der Waals surface area (Å²) in [4.78, 5) is 16.3. The lowest BCUT2D eigenvalue weighted by Crippen LogP contribution is -2.44. The van der Waals surface area contributed by atoms with E-state index in [0.29, 0.717) is 19.7 Å².